The quantitative estimate of drug-likeness (QED) is 0.839. The van der Waals surface area contributed by atoms with Crippen LogP contribution in [0.2, 0.25) is 0 Å². The van der Waals surface area contributed by atoms with Crippen molar-refractivity contribution < 1.29 is 0 Å². The van der Waals surface area contributed by atoms with Crippen molar-refractivity contribution >= 4 is 0 Å². The molecule has 0 spiro atoms. The highest BCUT2D eigenvalue weighted by atomic mass is 14.6. The summed E-state index contributed by atoms with van der Waals surface area (Å²) in [5, 5.41) is 0. The molecule has 1 aromatic carbocycles. The van der Waals surface area contributed by atoms with Crippen molar-refractivity contribution in [2.75, 3.05) is 0 Å². The molecule has 1 atom stereocenters. The Hall–Kier alpha value is -0.820. The summed E-state index contributed by atoms with van der Waals surface area (Å²) >= 11 is 0. The molecule has 1 nitrogen and oxygen atoms in total. The third kappa shape index (κ3) is 3.32. The van der Waals surface area contributed by atoms with E-state index in [0.717, 1.165) is 18.3 Å². The third-order valence-corrected chi connectivity index (χ3v) is 4.05. The van der Waals surface area contributed by atoms with Crippen molar-refractivity contribution in [3.8, 4) is 0 Å². The number of hydrogen-bond donors (Lipinski definition) is 1. The fourth-order valence-corrected chi connectivity index (χ4v) is 3.04. The lowest BCUT2D eigenvalue weighted by Crippen LogP contribution is -2.20. The Morgan fingerprint density at radius 2 is 1.82 bits per heavy atom. The van der Waals surface area contributed by atoms with Gasteiger partial charge >= 0.3 is 0 Å². The Morgan fingerprint density at radius 3 is 2.47 bits per heavy atom. The summed E-state index contributed by atoms with van der Waals surface area (Å²) < 4.78 is 0. The lowest BCUT2D eigenvalue weighted by molar-refractivity contribution is 0.346. The van der Waals surface area contributed by atoms with Crippen LogP contribution >= 0.6 is 0 Å². The first kappa shape index (κ1) is 12.6. The Labute approximate surface area is 105 Å². The van der Waals surface area contributed by atoms with Gasteiger partial charge in [-0.2, -0.15) is 0 Å². The Bertz CT molecular complexity index is 348. The van der Waals surface area contributed by atoms with E-state index in [1.54, 1.807) is 5.56 Å². The minimum atomic E-state index is 0.263. The van der Waals surface area contributed by atoms with Crippen LogP contribution in [0.5, 0.6) is 0 Å². The molecule has 1 unspecified atom stereocenters. The van der Waals surface area contributed by atoms with Crippen molar-refractivity contribution in [1.29, 1.82) is 0 Å². The summed E-state index contributed by atoms with van der Waals surface area (Å²) in [5.41, 5.74) is 8.99. The van der Waals surface area contributed by atoms with E-state index >= 15 is 0 Å². The summed E-state index contributed by atoms with van der Waals surface area (Å²) in [6.07, 6.45) is 6.50. The molecule has 0 amide bonds. The molecule has 1 aliphatic carbocycles. The second-order valence-electron chi connectivity index (χ2n) is 5.84. The first-order valence-corrected chi connectivity index (χ1v) is 7.00. The monoisotopic (exact) mass is 231 g/mol. The standard InChI is InChI=1S/C16H25N/c1-12-7-9-14(10-8-12)16-6-4-3-5-15(16)11-13(2)17/h3-6,12-14H,7-11,17H2,1-2H3. The topological polar surface area (TPSA) is 26.0 Å². The highest BCUT2D eigenvalue weighted by Gasteiger charge is 2.21. The van der Waals surface area contributed by atoms with Crippen molar-refractivity contribution in [2.45, 2.75) is 57.9 Å². The lowest BCUT2D eigenvalue weighted by Gasteiger charge is -2.28. The minimum absolute atomic E-state index is 0.263. The van der Waals surface area contributed by atoms with Gasteiger partial charge < -0.3 is 5.73 Å². The van der Waals surface area contributed by atoms with Crippen LogP contribution in [0, 0.1) is 5.92 Å². The molecule has 1 fully saturated rings. The molecular formula is C16H25N. The molecule has 2 N–H and O–H groups in total. The van der Waals surface area contributed by atoms with Crippen LogP contribution in [0.15, 0.2) is 24.3 Å². The average molecular weight is 231 g/mol. The van der Waals surface area contributed by atoms with Crippen molar-refractivity contribution in [3.05, 3.63) is 35.4 Å². The van der Waals surface area contributed by atoms with E-state index in [0.29, 0.717) is 0 Å². The predicted octanol–water partition coefficient (Wildman–Crippen LogP) is 3.87. The van der Waals surface area contributed by atoms with E-state index in [1.807, 2.05) is 0 Å². The van der Waals surface area contributed by atoms with Gasteiger partial charge in [0.2, 0.25) is 0 Å². The molecule has 17 heavy (non-hydrogen) atoms. The van der Waals surface area contributed by atoms with E-state index < -0.39 is 0 Å². The maximum Gasteiger partial charge on any atom is 0.00510 e. The molecule has 1 aromatic rings. The van der Waals surface area contributed by atoms with Gasteiger partial charge in [-0.15, -0.1) is 0 Å². The predicted molar refractivity (Wildman–Crippen MR) is 74.2 cm³/mol. The third-order valence-electron chi connectivity index (χ3n) is 4.05. The van der Waals surface area contributed by atoms with E-state index in [2.05, 4.69) is 38.1 Å². The highest BCUT2D eigenvalue weighted by Crippen LogP contribution is 2.37. The average Bonchev–Trinajstić information content (AvgIpc) is 2.30. The number of rotatable bonds is 3. The first-order valence-electron chi connectivity index (χ1n) is 7.00. The second-order valence-corrected chi connectivity index (χ2v) is 5.84. The van der Waals surface area contributed by atoms with Crippen LogP contribution in [0.3, 0.4) is 0 Å². The molecule has 0 saturated heterocycles. The van der Waals surface area contributed by atoms with Crippen molar-refractivity contribution in [3.63, 3.8) is 0 Å². The zero-order valence-corrected chi connectivity index (χ0v) is 11.2. The van der Waals surface area contributed by atoms with Crippen LogP contribution < -0.4 is 5.73 Å². The van der Waals surface area contributed by atoms with E-state index in [4.69, 9.17) is 5.73 Å². The number of nitrogens with two attached hydrogens (primary N) is 1. The van der Waals surface area contributed by atoms with Crippen LogP contribution in [0.25, 0.3) is 0 Å². The van der Waals surface area contributed by atoms with E-state index in [1.165, 1.54) is 31.2 Å². The summed E-state index contributed by atoms with van der Waals surface area (Å²) in [5.74, 6) is 1.70. The van der Waals surface area contributed by atoms with Gasteiger partial charge in [0.15, 0.2) is 0 Å². The Morgan fingerprint density at radius 1 is 1.18 bits per heavy atom. The summed E-state index contributed by atoms with van der Waals surface area (Å²) in [7, 11) is 0. The van der Waals surface area contributed by atoms with Crippen LogP contribution in [0.1, 0.15) is 56.6 Å². The summed E-state index contributed by atoms with van der Waals surface area (Å²) in [6.45, 7) is 4.48. The van der Waals surface area contributed by atoms with Crippen LogP contribution in [-0.2, 0) is 6.42 Å². The maximum absolute atomic E-state index is 5.94. The van der Waals surface area contributed by atoms with E-state index in [-0.39, 0.29) is 6.04 Å². The summed E-state index contributed by atoms with van der Waals surface area (Å²) in [4.78, 5) is 0. The van der Waals surface area contributed by atoms with Gasteiger partial charge in [-0.05, 0) is 49.1 Å². The van der Waals surface area contributed by atoms with Crippen LogP contribution in [0.4, 0.5) is 0 Å². The molecule has 94 valence electrons. The van der Waals surface area contributed by atoms with Gasteiger partial charge in [0.1, 0.15) is 0 Å². The van der Waals surface area contributed by atoms with Gasteiger partial charge in [-0.3, -0.25) is 0 Å². The van der Waals surface area contributed by atoms with Gasteiger partial charge in [-0.25, -0.2) is 0 Å². The molecule has 2 rings (SSSR count). The van der Waals surface area contributed by atoms with Crippen LogP contribution in [-0.4, -0.2) is 6.04 Å². The smallest absolute Gasteiger partial charge is 0.00510 e. The van der Waals surface area contributed by atoms with Crippen molar-refractivity contribution in [2.24, 2.45) is 11.7 Å². The Kier molecular flexibility index (Phi) is 4.22. The lowest BCUT2D eigenvalue weighted by atomic mass is 9.77. The largest absolute Gasteiger partial charge is 0.328 e. The van der Waals surface area contributed by atoms with Crippen molar-refractivity contribution in [1.82, 2.24) is 0 Å². The molecule has 1 saturated carbocycles. The first-order chi connectivity index (χ1) is 8.16. The Balaban J connectivity index is 2.14. The molecule has 0 heterocycles. The normalized spacial score (nSPS) is 26.8. The molecule has 0 radical (unpaired) electrons. The zero-order valence-electron chi connectivity index (χ0n) is 11.2. The number of hydrogen-bond acceptors (Lipinski definition) is 1. The molecule has 1 heteroatoms. The zero-order chi connectivity index (χ0) is 12.3. The molecular weight excluding hydrogens is 206 g/mol. The molecule has 0 bridgehead atoms. The minimum Gasteiger partial charge on any atom is -0.328 e. The van der Waals surface area contributed by atoms with E-state index in [9.17, 15) is 0 Å². The highest BCUT2D eigenvalue weighted by molar-refractivity contribution is 5.31. The summed E-state index contributed by atoms with van der Waals surface area (Å²) in [6, 6.07) is 9.17. The SMILES string of the molecule is CC(N)Cc1ccccc1C1CCC(C)CC1. The second kappa shape index (κ2) is 5.68. The van der Waals surface area contributed by atoms with Gasteiger partial charge in [0.25, 0.3) is 0 Å². The van der Waals surface area contributed by atoms with Gasteiger partial charge in [0.05, 0.1) is 0 Å². The molecule has 0 aliphatic heterocycles. The number of benzene rings is 1. The van der Waals surface area contributed by atoms with Gasteiger partial charge in [-0.1, -0.05) is 44.0 Å². The molecule has 0 aromatic heterocycles. The van der Waals surface area contributed by atoms with Gasteiger partial charge in [0, 0.05) is 6.04 Å². The fourth-order valence-electron chi connectivity index (χ4n) is 3.04. The fraction of sp³-hybridized carbons (Fsp3) is 0.625. The maximum atomic E-state index is 5.94. The molecule has 1 aliphatic rings.